The Balaban J connectivity index is 2.31. The fourth-order valence-corrected chi connectivity index (χ4v) is 2.10. The van der Waals surface area contributed by atoms with Crippen LogP contribution in [0.3, 0.4) is 0 Å². The number of rotatable bonds is 4. The first-order valence-corrected chi connectivity index (χ1v) is 5.70. The van der Waals surface area contributed by atoms with Gasteiger partial charge in [0.2, 0.25) is 5.91 Å². The Kier molecular flexibility index (Phi) is 4.94. The fraction of sp³-hybridized carbons (Fsp3) is 0.909. The van der Waals surface area contributed by atoms with Gasteiger partial charge >= 0.3 is 0 Å². The second-order valence-corrected chi connectivity index (χ2v) is 4.09. The van der Waals surface area contributed by atoms with Crippen molar-refractivity contribution in [2.75, 3.05) is 26.7 Å². The summed E-state index contributed by atoms with van der Waals surface area (Å²) in [4.78, 5) is 13.5. The standard InChI is InChI=1S/C11H22N2O/c1-3-11(14)13-8-4-5-10(9-13)6-7-12-2/h10,12H,3-9H2,1-2H3. The minimum atomic E-state index is 0.319. The van der Waals surface area contributed by atoms with E-state index in [0.717, 1.165) is 19.6 Å². The molecule has 0 saturated carbocycles. The minimum Gasteiger partial charge on any atom is -0.342 e. The summed E-state index contributed by atoms with van der Waals surface area (Å²) < 4.78 is 0. The molecule has 14 heavy (non-hydrogen) atoms. The van der Waals surface area contributed by atoms with Crippen LogP contribution < -0.4 is 5.32 Å². The number of nitrogens with zero attached hydrogens (tertiary/aromatic N) is 1. The number of amides is 1. The molecule has 3 heteroatoms. The molecule has 1 saturated heterocycles. The molecular formula is C11H22N2O. The zero-order valence-corrected chi connectivity index (χ0v) is 9.38. The third kappa shape index (κ3) is 3.29. The third-order valence-electron chi connectivity index (χ3n) is 2.98. The Morgan fingerprint density at radius 3 is 3.00 bits per heavy atom. The van der Waals surface area contributed by atoms with E-state index in [9.17, 15) is 4.79 Å². The van der Waals surface area contributed by atoms with Gasteiger partial charge in [0.15, 0.2) is 0 Å². The minimum absolute atomic E-state index is 0.319. The van der Waals surface area contributed by atoms with E-state index in [4.69, 9.17) is 0 Å². The predicted octanol–water partition coefficient (Wildman–Crippen LogP) is 1.24. The van der Waals surface area contributed by atoms with E-state index < -0.39 is 0 Å². The molecular weight excluding hydrogens is 176 g/mol. The summed E-state index contributed by atoms with van der Waals surface area (Å²) in [5, 5.41) is 3.17. The Hall–Kier alpha value is -0.570. The average Bonchev–Trinajstić information content (AvgIpc) is 2.25. The lowest BCUT2D eigenvalue weighted by Crippen LogP contribution is -2.40. The first-order valence-electron chi connectivity index (χ1n) is 5.70. The van der Waals surface area contributed by atoms with E-state index in [1.165, 1.54) is 19.3 Å². The van der Waals surface area contributed by atoms with Crippen LogP contribution in [-0.2, 0) is 4.79 Å². The van der Waals surface area contributed by atoms with Gasteiger partial charge in [0.1, 0.15) is 0 Å². The first kappa shape index (κ1) is 11.5. The normalized spacial score (nSPS) is 22.4. The monoisotopic (exact) mass is 198 g/mol. The Labute approximate surface area is 86.9 Å². The van der Waals surface area contributed by atoms with Crippen molar-refractivity contribution in [2.45, 2.75) is 32.6 Å². The second-order valence-electron chi connectivity index (χ2n) is 4.09. The van der Waals surface area contributed by atoms with Crippen LogP contribution in [0, 0.1) is 5.92 Å². The molecule has 0 radical (unpaired) electrons. The van der Waals surface area contributed by atoms with Gasteiger partial charge in [0, 0.05) is 19.5 Å². The number of carbonyl (C=O) groups excluding carboxylic acids is 1. The lowest BCUT2D eigenvalue weighted by Gasteiger charge is -2.32. The lowest BCUT2D eigenvalue weighted by atomic mass is 9.94. The van der Waals surface area contributed by atoms with Gasteiger partial charge in [0.05, 0.1) is 0 Å². The predicted molar refractivity (Wildman–Crippen MR) is 58.1 cm³/mol. The topological polar surface area (TPSA) is 32.3 Å². The molecule has 1 rings (SSSR count). The Morgan fingerprint density at radius 1 is 1.57 bits per heavy atom. The number of likely N-dealkylation sites (tertiary alicyclic amines) is 1. The van der Waals surface area contributed by atoms with Crippen molar-refractivity contribution in [3.8, 4) is 0 Å². The van der Waals surface area contributed by atoms with Crippen LogP contribution in [0.2, 0.25) is 0 Å². The SMILES string of the molecule is CCC(=O)N1CCCC(CCNC)C1. The van der Waals surface area contributed by atoms with Crippen LogP contribution in [0.4, 0.5) is 0 Å². The highest BCUT2D eigenvalue weighted by atomic mass is 16.2. The molecule has 82 valence electrons. The molecule has 1 N–H and O–H groups in total. The zero-order valence-electron chi connectivity index (χ0n) is 9.38. The van der Waals surface area contributed by atoms with Crippen molar-refractivity contribution < 1.29 is 4.79 Å². The van der Waals surface area contributed by atoms with Gasteiger partial charge in [0.25, 0.3) is 0 Å². The number of hydrogen-bond acceptors (Lipinski definition) is 2. The van der Waals surface area contributed by atoms with Crippen molar-refractivity contribution in [1.29, 1.82) is 0 Å². The highest BCUT2D eigenvalue weighted by molar-refractivity contribution is 5.75. The van der Waals surface area contributed by atoms with Crippen LogP contribution in [0.15, 0.2) is 0 Å². The Morgan fingerprint density at radius 2 is 2.36 bits per heavy atom. The van der Waals surface area contributed by atoms with Crippen LogP contribution >= 0.6 is 0 Å². The lowest BCUT2D eigenvalue weighted by molar-refractivity contribution is -0.132. The molecule has 0 spiro atoms. The second kappa shape index (κ2) is 6.02. The molecule has 1 atom stereocenters. The van der Waals surface area contributed by atoms with Gasteiger partial charge in [-0.1, -0.05) is 6.92 Å². The van der Waals surface area contributed by atoms with Crippen LogP contribution in [0.5, 0.6) is 0 Å². The van der Waals surface area contributed by atoms with E-state index >= 15 is 0 Å². The van der Waals surface area contributed by atoms with E-state index in [2.05, 4.69) is 5.32 Å². The molecule has 0 aromatic carbocycles. The summed E-state index contributed by atoms with van der Waals surface area (Å²) in [7, 11) is 1.98. The molecule has 1 amide bonds. The van der Waals surface area contributed by atoms with E-state index in [-0.39, 0.29) is 0 Å². The van der Waals surface area contributed by atoms with Crippen LogP contribution in [0.1, 0.15) is 32.6 Å². The van der Waals surface area contributed by atoms with Crippen molar-refractivity contribution >= 4 is 5.91 Å². The summed E-state index contributed by atoms with van der Waals surface area (Å²) in [5.74, 6) is 1.03. The summed E-state index contributed by atoms with van der Waals surface area (Å²) in [6, 6.07) is 0. The van der Waals surface area contributed by atoms with Gasteiger partial charge in [-0.3, -0.25) is 4.79 Å². The fourth-order valence-electron chi connectivity index (χ4n) is 2.10. The molecule has 0 aliphatic carbocycles. The largest absolute Gasteiger partial charge is 0.342 e. The molecule has 0 aromatic rings. The van der Waals surface area contributed by atoms with Crippen molar-refractivity contribution in [2.24, 2.45) is 5.92 Å². The van der Waals surface area contributed by atoms with E-state index in [0.29, 0.717) is 18.2 Å². The quantitative estimate of drug-likeness (QED) is 0.737. The van der Waals surface area contributed by atoms with E-state index in [1.807, 2.05) is 18.9 Å². The summed E-state index contributed by atoms with van der Waals surface area (Å²) >= 11 is 0. The van der Waals surface area contributed by atoms with Gasteiger partial charge in [-0.05, 0) is 38.8 Å². The van der Waals surface area contributed by atoms with Crippen molar-refractivity contribution in [1.82, 2.24) is 10.2 Å². The molecule has 1 fully saturated rings. The maximum Gasteiger partial charge on any atom is 0.222 e. The van der Waals surface area contributed by atoms with Gasteiger partial charge < -0.3 is 10.2 Å². The molecule has 1 aliphatic rings. The highest BCUT2D eigenvalue weighted by Gasteiger charge is 2.21. The number of hydrogen-bond donors (Lipinski definition) is 1. The van der Waals surface area contributed by atoms with Gasteiger partial charge in [-0.25, -0.2) is 0 Å². The smallest absolute Gasteiger partial charge is 0.222 e. The average molecular weight is 198 g/mol. The molecule has 1 aliphatic heterocycles. The maximum absolute atomic E-state index is 11.5. The highest BCUT2D eigenvalue weighted by Crippen LogP contribution is 2.19. The molecule has 3 nitrogen and oxygen atoms in total. The first-order chi connectivity index (χ1) is 6.77. The summed E-state index contributed by atoms with van der Waals surface area (Å²) in [5.41, 5.74) is 0. The molecule has 1 unspecified atom stereocenters. The molecule has 0 bridgehead atoms. The van der Waals surface area contributed by atoms with Crippen LogP contribution in [0.25, 0.3) is 0 Å². The number of carbonyl (C=O) groups is 1. The van der Waals surface area contributed by atoms with Crippen molar-refractivity contribution in [3.05, 3.63) is 0 Å². The number of piperidine rings is 1. The molecule has 0 aromatic heterocycles. The van der Waals surface area contributed by atoms with Gasteiger partial charge in [-0.2, -0.15) is 0 Å². The van der Waals surface area contributed by atoms with Crippen molar-refractivity contribution in [3.63, 3.8) is 0 Å². The molecule has 1 heterocycles. The number of nitrogens with one attached hydrogen (secondary N) is 1. The third-order valence-corrected chi connectivity index (χ3v) is 2.98. The zero-order chi connectivity index (χ0) is 10.4. The van der Waals surface area contributed by atoms with E-state index in [1.54, 1.807) is 0 Å². The maximum atomic E-state index is 11.5. The van der Waals surface area contributed by atoms with Gasteiger partial charge in [-0.15, -0.1) is 0 Å². The van der Waals surface area contributed by atoms with Crippen LogP contribution in [-0.4, -0.2) is 37.5 Å². The summed E-state index contributed by atoms with van der Waals surface area (Å²) in [6.07, 6.45) is 4.32. The summed E-state index contributed by atoms with van der Waals surface area (Å²) in [6.45, 7) is 4.97. The Bertz CT molecular complexity index is 182.